The largest absolute Gasteiger partial charge is 0.491 e. The van der Waals surface area contributed by atoms with Crippen LogP contribution in [0.4, 0.5) is 10.1 Å². The lowest BCUT2D eigenvalue weighted by Gasteiger charge is -2.31. The summed E-state index contributed by atoms with van der Waals surface area (Å²) < 4.78 is 20.7. The Morgan fingerprint density at radius 2 is 1.89 bits per heavy atom. The number of aromatic nitrogens is 1. The molecule has 2 aromatic carbocycles. The summed E-state index contributed by atoms with van der Waals surface area (Å²) in [5.74, 6) is 1.21. The summed E-state index contributed by atoms with van der Waals surface area (Å²) in [6.45, 7) is 4.61. The highest BCUT2D eigenvalue weighted by atomic mass is 32.2. The normalized spacial score (nSPS) is 20.1. The standard InChI is InChI=1S/C30H33FN2O4S/c1-18-11-23(37-17-30(36)7-9-38-10-8-30)12-19(2)28(18)20-3-5-26(31)21(13-20)15-32-22-4-6-27(33-16-22)24-14-25(24)29(34)35/h3-6,11-13,16,24-25,32,36H,7-10,14-15,17H2,1-2H3,(H,34,35)/t24-,25-/m0/s1. The van der Waals surface area contributed by atoms with Crippen LogP contribution in [0.15, 0.2) is 48.7 Å². The van der Waals surface area contributed by atoms with Crippen molar-refractivity contribution in [3.8, 4) is 16.9 Å². The molecule has 2 heterocycles. The molecule has 0 amide bonds. The van der Waals surface area contributed by atoms with E-state index in [1.165, 1.54) is 6.07 Å². The lowest BCUT2D eigenvalue weighted by atomic mass is 9.94. The molecule has 0 radical (unpaired) electrons. The molecule has 0 spiro atoms. The lowest BCUT2D eigenvalue weighted by Crippen LogP contribution is -2.39. The summed E-state index contributed by atoms with van der Waals surface area (Å²) in [6.07, 6.45) is 3.78. The minimum absolute atomic E-state index is 0.0185. The van der Waals surface area contributed by atoms with Gasteiger partial charge >= 0.3 is 5.97 Å². The Kier molecular flexibility index (Phi) is 7.63. The van der Waals surface area contributed by atoms with Crippen LogP contribution in [0.25, 0.3) is 11.1 Å². The first-order chi connectivity index (χ1) is 18.2. The molecular weight excluding hydrogens is 503 g/mol. The van der Waals surface area contributed by atoms with E-state index in [4.69, 9.17) is 9.84 Å². The van der Waals surface area contributed by atoms with Gasteiger partial charge in [0.1, 0.15) is 23.8 Å². The third-order valence-corrected chi connectivity index (χ3v) is 8.51. The summed E-state index contributed by atoms with van der Waals surface area (Å²) in [5, 5.41) is 23.1. The Morgan fingerprint density at radius 3 is 2.53 bits per heavy atom. The molecule has 6 nitrogen and oxygen atoms in total. The Hall–Kier alpha value is -3.10. The lowest BCUT2D eigenvalue weighted by molar-refractivity contribution is -0.138. The molecule has 2 atom stereocenters. The molecule has 1 aliphatic carbocycles. The van der Waals surface area contributed by atoms with Gasteiger partial charge in [-0.05, 0) is 103 Å². The molecule has 3 aromatic rings. The van der Waals surface area contributed by atoms with Crippen molar-refractivity contribution < 1.29 is 24.1 Å². The number of benzene rings is 2. The number of nitrogens with zero attached hydrogens (tertiary/aromatic N) is 1. The third kappa shape index (κ3) is 5.97. The van der Waals surface area contributed by atoms with Gasteiger partial charge in [-0.25, -0.2) is 4.39 Å². The van der Waals surface area contributed by atoms with Gasteiger partial charge in [-0.1, -0.05) is 6.07 Å². The predicted octanol–water partition coefficient (Wildman–Crippen LogP) is 5.94. The number of aliphatic carboxylic acids is 1. The molecule has 1 aliphatic heterocycles. The van der Waals surface area contributed by atoms with Crippen molar-refractivity contribution in [3.05, 3.63) is 76.9 Å². The number of carbonyl (C=O) groups is 1. The van der Waals surface area contributed by atoms with Gasteiger partial charge < -0.3 is 20.3 Å². The van der Waals surface area contributed by atoms with Crippen molar-refractivity contribution in [2.75, 3.05) is 23.4 Å². The van der Waals surface area contributed by atoms with Crippen molar-refractivity contribution in [2.24, 2.45) is 5.92 Å². The second-order valence-electron chi connectivity index (χ2n) is 10.5. The van der Waals surface area contributed by atoms with Gasteiger partial charge in [0.2, 0.25) is 0 Å². The van der Waals surface area contributed by atoms with Crippen LogP contribution < -0.4 is 10.1 Å². The van der Waals surface area contributed by atoms with Gasteiger partial charge in [-0.3, -0.25) is 9.78 Å². The van der Waals surface area contributed by atoms with Gasteiger partial charge in [-0.2, -0.15) is 11.8 Å². The van der Waals surface area contributed by atoms with E-state index in [-0.39, 0.29) is 30.8 Å². The van der Waals surface area contributed by atoms with Crippen molar-refractivity contribution in [2.45, 2.75) is 51.2 Å². The number of nitrogens with one attached hydrogen (secondary N) is 1. The molecular formula is C30H33FN2O4S. The van der Waals surface area contributed by atoms with Gasteiger partial charge in [0.05, 0.1) is 17.8 Å². The minimum Gasteiger partial charge on any atom is -0.491 e. The number of rotatable bonds is 9. The maximum Gasteiger partial charge on any atom is 0.307 e. The molecule has 2 aliphatic rings. The number of hydrogen-bond donors (Lipinski definition) is 3. The second kappa shape index (κ2) is 10.9. The van der Waals surface area contributed by atoms with Crippen LogP contribution in [0.2, 0.25) is 0 Å². The number of carboxylic acid groups (broad SMARTS) is 1. The van der Waals surface area contributed by atoms with E-state index in [1.54, 1.807) is 12.3 Å². The molecule has 1 saturated carbocycles. The van der Waals surface area contributed by atoms with Gasteiger partial charge in [-0.15, -0.1) is 0 Å². The monoisotopic (exact) mass is 536 g/mol. The van der Waals surface area contributed by atoms with Crippen LogP contribution in [0.5, 0.6) is 5.75 Å². The summed E-state index contributed by atoms with van der Waals surface area (Å²) in [6, 6.07) is 12.8. The summed E-state index contributed by atoms with van der Waals surface area (Å²) in [7, 11) is 0. The topological polar surface area (TPSA) is 91.7 Å². The number of hydrogen-bond acceptors (Lipinski definition) is 6. The van der Waals surface area contributed by atoms with Crippen LogP contribution in [0.1, 0.15) is 47.6 Å². The van der Waals surface area contributed by atoms with Crippen LogP contribution in [-0.2, 0) is 11.3 Å². The molecule has 8 heteroatoms. The average molecular weight is 537 g/mol. The molecule has 38 heavy (non-hydrogen) atoms. The minimum atomic E-state index is -0.778. The van der Waals surface area contributed by atoms with E-state index in [9.17, 15) is 14.3 Å². The maximum atomic E-state index is 14.7. The van der Waals surface area contributed by atoms with E-state index in [0.29, 0.717) is 12.0 Å². The fourth-order valence-corrected chi connectivity index (χ4v) is 6.42. The highest BCUT2D eigenvalue weighted by Gasteiger charge is 2.45. The zero-order chi connectivity index (χ0) is 26.9. The summed E-state index contributed by atoms with van der Waals surface area (Å²) in [4.78, 5) is 15.5. The molecule has 5 rings (SSSR count). The molecule has 3 N–H and O–H groups in total. The van der Waals surface area contributed by atoms with E-state index in [0.717, 1.165) is 63.7 Å². The summed E-state index contributed by atoms with van der Waals surface area (Å²) in [5.41, 5.74) is 5.31. The third-order valence-electron chi connectivity index (χ3n) is 7.53. The number of pyridine rings is 1. The Bertz CT molecular complexity index is 1300. The number of carboxylic acids is 1. The highest BCUT2D eigenvalue weighted by molar-refractivity contribution is 7.99. The zero-order valence-electron chi connectivity index (χ0n) is 21.7. The Labute approximate surface area is 226 Å². The molecule has 1 saturated heterocycles. The molecule has 2 fully saturated rings. The van der Waals surface area contributed by atoms with Crippen LogP contribution in [-0.4, -0.2) is 44.9 Å². The fraction of sp³-hybridized carbons (Fsp3) is 0.400. The molecule has 0 unspecified atom stereocenters. The van der Waals surface area contributed by atoms with Gasteiger partial charge in [0.15, 0.2) is 0 Å². The first-order valence-corrected chi connectivity index (χ1v) is 14.1. The molecule has 200 valence electrons. The predicted molar refractivity (Wildman–Crippen MR) is 148 cm³/mol. The SMILES string of the molecule is Cc1cc(OCC2(O)CCSCC2)cc(C)c1-c1ccc(F)c(CNc2ccc([C@H]3C[C@@H]3C(=O)O)nc2)c1. The average Bonchev–Trinajstić information content (AvgIpc) is 3.70. The molecule has 0 bridgehead atoms. The number of aryl methyl sites for hydroxylation is 2. The number of ether oxygens (including phenoxy) is 1. The first-order valence-electron chi connectivity index (χ1n) is 13.0. The number of aliphatic hydroxyl groups is 1. The van der Waals surface area contributed by atoms with Crippen LogP contribution >= 0.6 is 11.8 Å². The van der Waals surface area contributed by atoms with Crippen molar-refractivity contribution in [1.82, 2.24) is 4.98 Å². The zero-order valence-corrected chi connectivity index (χ0v) is 22.5. The van der Waals surface area contributed by atoms with E-state index in [1.807, 2.05) is 55.9 Å². The quantitative estimate of drug-likeness (QED) is 0.312. The fourth-order valence-electron chi connectivity index (χ4n) is 5.16. The maximum absolute atomic E-state index is 14.7. The number of halogens is 1. The number of anilines is 1. The van der Waals surface area contributed by atoms with Gasteiger partial charge in [0.25, 0.3) is 0 Å². The Balaban J connectivity index is 1.26. The van der Waals surface area contributed by atoms with Crippen molar-refractivity contribution >= 4 is 23.4 Å². The van der Waals surface area contributed by atoms with Crippen LogP contribution in [0, 0.1) is 25.6 Å². The Morgan fingerprint density at radius 1 is 1.16 bits per heavy atom. The first kappa shape index (κ1) is 26.5. The highest BCUT2D eigenvalue weighted by Crippen LogP contribution is 2.46. The number of thioether (sulfide) groups is 1. The van der Waals surface area contributed by atoms with E-state index < -0.39 is 11.6 Å². The van der Waals surface area contributed by atoms with Gasteiger partial charge in [0, 0.05) is 23.7 Å². The van der Waals surface area contributed by atoms with E-state index in [2.05, 4.69) is 10.3 Å². The smallest absolute Gasteiger partial charge is 0.307 e. The second-order valence-corrected chi connectivity index (χ2v) is 11.7. The van der Waals surface area contributed by atoms with Crippen molar-refractivity contribution in [1.29, 1.82) is 0 Å². The van der Waals surface area contributed by atoms with E-state index >= 15 is 0 Å². The molecule has 1 aromatic heterocycles. The van der Waals surface area contributed by atoms with Crippen LogP contribution in [0.3, 0.4) is 0 Å². The van der Waals surface area contributed by atoms with Crippen molar-refractivity contribution in [3.63, 3.8) is 0 Å². The summed E-state index contributed by atoms with van der Waals surface area (Å²) >= 11 is 1.86.